The summed E-state index contributed by atoms with van der Waals surface area (Å²) in [7, 11) is 2.14. The second-order valence-corrected chi connectivity index (χ2v) is 8.76. The molecule has 2 fully saturated rings. The monoisotopic (exact) mass is 371 g/mol. The SMILES string of the molecule is CC(C)Oc1ccc([C@@]23CC[C@@H](O)C=C2N(C)CC3)cc1OC1CCCC1. The van der Waals surface area contributed by atoms with E-state index in [9.17, 15) is 5.11 Å². The zero-order valence-corrected chi connectivity index (χ0v) is 16.9. The van der Waals surface area contributed by atoms with Gasteiger partial charge in [-0.3, -0.25) is 0 Å². The lowest BCUT2D eigenvalue weighted by atomic mass is 9.70. The molecule has 148 valence electrons. The van der Waals surface area contributed by atoms with Gasteiger partial charge in [0.15, 0.2) is 11.5 Å². The van der Waals surface area contributed by atoms with Crippen molar-refractivity contribution < 1.29 is 14.6 Å². The van der Waals surface area contributed by atoms with E-state index in [1.807, 2.05) is 0 Å². The summed E-state index contributed by atoms with van der Waals surface area (Å²) in [6.07, 6.45) is 9.84. The van der Waals surface area contributed by atoms with E-state index >= 15 is 0 Å². The number of fused-ring (bicyclic) bond motifs is 1. The molecule has 0 amide bonds. The van der Waals surface area contributed by atoms with E-state index in [0.29, 0.717) is 6.10 Å². The third-order valence-corrected chi connectivity index (χ3v) is 6.45. The number of benzene rings is 1. The zero-order chi connectivity index (χ0) is 19.0. The molecule has 1 saturated carbocycles. The second kappa shape index (κ2) is 7.38. The molecule has 1 heterocycles. The van der Waals surface area contributed by atoms with Crippen LogP contribution in [0.25, 0.3) is 0 Å². The van der Waals surface area contributed by atoms with Gasteiger partial charge >= 0.3 is 0 Å². The van der Waals surface area contributed by atoms with Gasteiger partial charge in [-0.15, -0.1) is 0 Å². The molecule has 3 aliphatic rings. The van der Waals surface area contributed by atoms with Crippen LogP contribution in [0.15, 0.2) is 30.0 Å². The van der Waals surface area contributed by atoms with Crippen molar-refractivity contribution in [3.8, 4) is 11.5 Å². The van der Waals surface area contributed by atoms with Crippen LogP contribution in [0.1, 0.15) is 64.4 Å². The maximum atomic E-state index is 10.2. The van der Waals surface area contributed by atoms with E-state index in [2.05, 4.69) is 50.1 Å². The molecule has 0 spiro atoms. The van der Waals surface area contributed by atoms with Crippen LogP contribution in [0.2, 0.25) is 0 Å². The molecule has 27 heavy (non-hydrogen) atoms. The molecule has 0 unspecified atom stereocenters. The van der Waals surface area contributed by atoms with Crippen molar-refractivity contribution in [2.24, 2.45) is 0 Å². The summed E-state index contributed by atoms with van der Waals surface area (Å²) in [4.78, 5) is 2.30. The van der Waals surface area contributed by atoms with E-state index in [4.69, 9.17) is 9.47 Å². The predicted molar refractivity (Wildman–Crippen MR) is 107 cm³/mol. The lowest BCUT2D eigenvalue weighted by Gasteiger charge is -2.37. The number of likely N-dealkylation sites (N-methyl/N-ethyl adjacent to an activating group) is 1. The Balaban J connectivity index is 1.71. The fourth-order valence-electron chi connectivity index (χ4n) is 5.04. The minimum absolute atomic E-state index is 0.00186. The van der Waals surface area contributed by atoms with Crippen LogP contribution in [0.5, 0.6) is 11.5 Å². The first kappa shape index (κ1) is 18.7. The van der Waals surface area contributed by atoms with Crippen LogP contribution in [0.3, 0.4) is 0 Å². The fraction of sp³-hybridized carbons (Fsp3) is 0.652. The van der Waals surface area contributed by atoms with E-state index in [1.165, 1.54) is 24.1 Å². The van der Waals surface area contributed by atoms with Gasteiger partial charge in [-0.05, 0) is 82.6 Å². The average Bonchev–Trinajstić information content (AvgIpc) is 3.25. The summed E-state index contributed by atoms with van der Waals surface area (Å²) in [5.41, 5.74) is 2.57. The van der Waals surface area contributed by atoms with Gasteiger partial charge in [0.25, 0.3) is 0 Å². The zero-order valence-electron chi connectivity index (χ0n) is 16.9. The lowest BCUT2D eigenvalue weighted by Crippen LogP contribution is -2.33. The molecule has 0 radical (unpaired) electrons. The quantitative estimate of drug-likeness (QED) is 0.833. The van der Waals surface area contributed by atoms with E-state index in [1.54, 1.807) is 0 Å². The smallest absolute Gasteiger partial charge is 0.161 e. The number of aliphatic hydroxyl groups is 1. The largest absolute Gasteiger partial charge is 0.487 e. The van der Waals surface area contributed by atoms with Gasteiger partial charge in [0, 0.05) is 24.7 Å². The van der Waals surface area contributed by atoms with Crippen molar-refractivity contribution in [3.63, 3.8) is 0 Å². The number of hydrogen-bond donors (Lipinski definition) is 1. The summed E-state index contributed by atoms with van der Waals surface area (Å²) < 4.78 is 12.5. The Hall–Kier alpha value is -1.68. The van der Waals surface area contributed by atoms with Gasteiger partial charge in [0.1, 0.15) is 0 Å². The Bertz CT molecular complexity index is 708. The van der Waals surface area contributed by atoms with E-state index in [0.717, 1.165) is 50.1 Å². The highest BCUT2D eigenvalue weighted by Crippen LogP contribution is 2.50. The first-order chi connectivity index (χ1) is 13.0. The van der Waals surface area contributed by atoms with Crippen molar-refractivity contribution in [3.05, 3.63) is 35.5 Å². The number of allylic oxidation sites excluding steroid dienone is 1. The molecule has 2 aliphatic carbocycles. The third-order valence-electron chi connectivity index (χ3n) is 6.45. The second-order valence-electron chi connectivity index (χ2n) is 8.76. The Kier molecular flexibility index (Phi) is 5.11. The summed E-state index contributed by atoms with van der Waals surface area (Å²) in [6.45, 7) is 5.14. The van der Waals surface area contributed by atoms with Crippen LogP contribution in [0.4, 0.5) is 0 Å². The molecule has 1 N–H and O–H groups in total. The van der Waals surface area contributed by atoms with Crippen molar-refractivity contribution in [1.29, 1.82) is 0 Å². The average molecular weight is 372 g/mol. The summed E-state index contributed by atoms with van der Waals surface area (Å²) >= 11 is 0. The highest BCUT2D eigenvalue weighted by Gasteiger charge is 2.45. The Labute approximate surface area is 163 Å². The normalized spacial score (nSPS) is 28.4. The number of nitrogens with zero attached hydrogens (tertiary/aromatic N) is 1. The highest BCUT2D eigenvalue weighted by atomic mass is 16.5. The van der Waals surface area contributed by atoms with Gasteiger partial charge in [-0.25, -0.2) is 0 Å². The van der Waals surface area contributed by atoms with Gasteiger partial charge < -0.3 is 19.5 Å². The summed E-state index contributed by atoms with van der Waals surface area (Å²) in [5, 5.41) is 10.2. The first-order valence-corrected chi connectivity index (χ1v) is 10.6. The molecule has 2 atom stereocenters. The van der Waals surface area contributed by atoms with Crippen LogP contribution in [-0.2, 0) is 5.41 Å². The minimum atomic E-state index is -0.327. The van der Waals surface area contributed by atoms with E-state index in [-0.39, 0.29) is 17.6 Å². The van der Waals surface area contributed by atoms with Crippen molar-refractivity contribution in [2.45, 2.75) is 82.5 Å². The van der Waals surface area contributed by atoms with Crippen LogP contribution in [0, 0.1) is 0 Å². The number of likely N-dealkylation sites (tertiary alicyclic amines) is 1. The highest BCUT2D eigenvalue weighted by molar-refractivity contribution is 5.50. The van der Waals surface area contributed by atoms with Crippen molar-refractivity contribution in [2.75, 3.05) is 13.6 Å². The molecular weight excluding hydrogens is 338 g/mol. The molecule has 1 aliphatic heterocycles. The van der Waals surface area contributed by atoms with Gasteiger partial charge in [0.05, 0.1) is 18.3 Å². The number of rotatable bonds is 5. The molecule has 4 rings (SSSR count). The number of ether oxygens (including phenoxy) is 2. The molecule has 1 aromatic rings. The Morgan fingerprint density at radius 3 is 2.63 bits per heavy atom. The maximum Gasteiger partial charge on any atom is 0.161 e. The molecule has 1 saturated heterocycles. The van der Waals surface area contributed by atoms with Crippen molar-refractivity contribution in [1.82, 2.24) is 4.90 Å². The lowest BCUT2D eigenvalue weighted by molar-refractivity contribution is 0.177. The molecule has 4 nitrogen and oxygen atoms in total. The van der Waals surface area contributed by atoms with Crippen LogP contribution >= 0.6 is 0 Å². The van der Waals surface area contributed by atoms with Gasteiger partial charge in [-0.2, -0.15) is 0 Å². The number of aliphatic hydroxyl groups excluding tert-OH is 1. The van der Waals surface area contributed by atoms with Crippen molar-refractivity contribution >= 4 is 0 Å². The predicted octanol–water partition coefficient (Wildman–Crippen LogP) is 4.41. The molecule has 0 bridgehead atoms. The molecule has 4 heteroatoms. The summed E-state index contributed by atoms with van der Waals surface area (Å²) in [5.74, 6) is 1.74. The van der Waals surface area contributed by atoms with Crippen LogP contribution in [-0.4, -0.2) is 41.9 Å². The maximum absolute atomic E-state index is 10.2. The molecule has 1 aromatic carbocycles. The minimum Gasteiger partial charge on any atom is -0.487 e. The van der Waals surface area contributed by atoms with E-state index < -0.39 is 0 Å². The van der Waals surface area contributed by atoms with Gasteiger partial charge in [-0.1, -0.05) is 6.07 Å². The molecular formula is C23H33NO3. The first-order valence-electron chi connectivity index (χ1n) is 10.6. The third kappa shape index (κ3) is 3.56. The topological polar surface area (TPSA) is 41.9 Å². The molecule has 0 aromatic heterocycles. The van der Waals surface area contributed by atoms with Gasteiger partial charge in [0.2, 0.25) is 0 Å². The Morgan fingerprint density at radius 1 is 1.11 bits per heavy atom. The standard InChI is InChI=1S/C23H33NO3/c1-16(2)26-20-9-8-17(14-21(20)27-19-6-4-5-7-19)23-11-10-18(25)15-22(23)24(3)13-12-23/h8-9,14-16,18-19,25H,4-7,10-13H2,1-3H3/t18-,23+/m1/s1. The number of hydrogen-bond acceptors (Lipinski definition) is 4. The Morgan fingerprint density at radius 2 is 1.89 bits per heavy atom. The van der Waals surface area contributed by atoms with Crippen LogP contribution < -0.4 is 9.47 Å². The summed E-state index contributed by atoms with van der Waals surface area (Å²) in [6, 6.07) is 6.53. The fourth-order valence-corrected chi connectivity index (χ4v) is 5.04.